The number of amides is 2. The van der Waals surface area contributed by atoms with Crippen molar-refractivity contribution in [2.24, 2.45) is 0 Å². The predicted molar refractivity (Wildman–Crippen MR) is 92.3 cm³/mol. The number of urea groups is 1. The Morgan fingerprint density at radius 3 is 2.68 bits per heavy atom. The number of piperidine rings is 1. The number of rotatable bonds is 3. The summed E-state index contributed by atoms with van der Waals surface area (Å²) in [5, 5.41) is 10.1. The highest BCUT2D eigenvalue weighted by Gasteiger charge is 2.30. The lowest BCUT2D eigenvalue weighted by molar-refractivity contribution is 0.193. The van der Waals surface area contributed by atoms with E-state index in [9.17, 15) is 9.18 Å². The molecule has 2 fully saturated rings. The third-order valence-corrected chi connectivity index (χ3v) is 5.09. The van der Waals surface area contributed by atoms with Crippen molar-refractivity contribution in [2.75, 3.05) is 18.4 Å². The maximum atomic E-state index is 13.2. The highest BCUT2D eigenvalue weighted by Crippen LogP contribution is 2.38. The Morgan fingerprint density at radius 2 is 2.00 bits per heavy atom. The minimum absolute atomic E-state index is 0.00621. The average molecular weight is 364 g/mol. The summed E-state index contributed by atoms with van der Waals surface area (Å²) in [5.74, 6) is 2.22. The van der Waals surface area contributed by atoms with Crippen LogP contribution in [0.15, 0.2) is 18.2 Å². The second-order valence-corrected chi connectivity index (χ2v) is 7.08. The second-order valence-electron chi connectivity index (χ2n) is 6.67. The summed E-state index contributed by atoms with van der Waals surface area (Å²) in [4.78, 5) is 18.7. The standard InChI is InChI=1S/C17H19ClFN5O/c18-13-9-12(3-4-14(13)19)20-17(25)24-7-5-11(6-8-24)16-21-15(22-23-16)10-1-2-10/h3-4,9-11H,1-2,5-8H2,(H,20,25)(H,21,22,23). The number of benzene rings is 1. The number of hydrogen-bond donors (Lipinski definition) is 2. The van der Waals surface area contributed by atoms with Gasteiger partial charge in [0, 0.05) is 30.6 Å². The third kappa shape index (κ3) is 3.61. The number of carbonyl (C=O) groups is 1. The minimum Gasteiger partial charge on any atom is -0.324 e. The molecule has 0 spiro atoms. The number of carbonyl (C=O) groups excluding carboxylic acids is 1. The number of H-pyrrole nitrogens is 1. The Bertz CT molecular complexity index is 783. The predicted octanol–water partition coefficient (Wildman–Crippen LogP) is 3.89. The Hall–Kier alpha value is -2.15. The van der Waals surface area contributed by atoms with E-state index < -0.39 is 5.82 Å². The molecule has 2 amide bonds. The maximum absolute atomic E-state index is 13.2. The van der Waals surface area contributed by atoms with E-state index in [-0.39, 0.29) is 11.1 Å². The molecule has 2 heterocycles. The van der Waals surface area contributed by atoms with E-state index in [1.54, 1.807) is 4.90 Å². The molecule has 1 aliphatic heterocycles. The zero-order chi connectivity index (χ0) is 17.4. The Labute approximate surface area is 149 Å². The SMILES string of the molecule is O=C(Nc1ccc(F)c(Cl)c1)N1CCC(c2nc(C3CC3)n[nH]2)CC1. The normalized spacial score (nSPS) is 18.4. The molecule has 1 aliphatic carbocycles. The fraction of sp³-hybridized carbons (Fsp3) is 0.471. The number of anilines is 1. The topological polar surface area (TPSA) is 73.9 Å². The fourth-order valence-corrected chi connectivity index (χ4v) is 3.31. The first kappa shape index (κ1) is 16.3. The summed E-state index contributed by atoms with van der Waals surface area (Å²) in [6.45, 7) is 1.29. The van der Waals surface area contributed by atoms with Gasteiger partial charge in [0.25, 0.3) is 0 Å². The van der Waals surface area contributed by atoms with Crippen LogP contribution in [0.25, 0.3) is 0 Å². The smallest absolute Gasteiger partial charge is 0.321 e. The van der Waals surface area contributed by atoms with Crippen molar-refractivity contribution in [3.05, 3.63) is 40.7 Å². The quantitative estimate of drug-likeness (QED) is 0.868. The molecule has 1 aromatic carbocycles. The highest BCUT2D eigenvalue weighted by atomic mass is 35.5. The lowest BCUT2D eigenvalue weighted by Gasteiger charge is -2.31. The first-order chi connectivity index (χ1) is 12.1. The van der Waals surface area contributed by atoms with Gasteiger partial charge >= 0.3 is 6.03 Å². The van der Waals surface area contributed by atoms with Crippen molar-refractivity contribution in [1.82, 2.24) is 20.1 Å². The molecule has 4 rings (SSSR count). The minimum atomic E-state index is -0.502. The van der Waals surface area contributed by atoms with Gasteiger partial charge in [0.2, 0.25) is 0 Å². The zero-order valence-electron chi connectivity index (χ0n) is 13.6. The number of aromatic amines is 1. The van der Waals surface area contributed by atoms with E-state index in [2.05, 4.69) is 20.5 Å². The summed E-state index contributed by atoms with van der Waals surface area (Å²) < 4.78 is 13.2. The van der Waals surface area contributed by atoms with Crippen molar-refractivity contribution in [3.63, 3.8) is 0 Å². The summed E-state index contributed by atoms with van der Waals surface area (Å²) in [5.41, 5.74) is 0.489. The summed E-state index contributed by atoms with van der Waals surface area (Å²) in [7, 11) is 0. The molecule has 1 saturated carbocycles. The van der Waals surface area contributed by atoms with Gasteiger partial charge in [-0.1, -0.05) is 11.6 Å². The highest BCUT2D eigenvalue weighted by molar-refractivity contribution is 6.31. The van der Waals surface area contributed by atoms with E-state index in [1.807, 2.05) is 0 Å². The molecule has 25 heavy (non-hydrogen) atoms. The Balaban J connectivity index is 1.32. The number of nitrogens with zero attached hydrogens (tertiary/aromatic N) is 3. The van der Waals surface area contributed by atoms with Gasteiger partial charge in [-0.05, 0) is 43.9 Å². The largest absolute Gasteiger partial charge is 0.324 e. The molecule has 2 N–H and O–H groups in total. The number of aromatic nitrogens is 3. The van der Waals surface area contributed by atoms with Crippen LogP contribution < -0.4 is 5.32 Å². The fourth-order valence-electron chi connectivity index (χ4n) is 3.13. The van der Waals surface area contributed by atoms with Gasteiger partial charge in [0.1, 0.15) is 11.6 Å². The number of likely N-dealkylation sites (tertiary alicyclic amines) is 1. The van der Waals surface area contributed by atoms with Crippen LogP contribution in [0.1, 0.15) is 49.2 Å². The first-order valence-corrected chi connectivity index (χ1v) is 8.91. The van der Waals surface area contributed by atoms with E-state index in [4.69, 9.17) is 11.6 Å². The molecule has 0 radical (unpaired) electrons. The molecular formula is C17H19ClFN5O. The van der Waals surface area contributed by atoms with Gasteiger partial charge in [-0.25, -0.2) is 14.2 Å². The Morgan fingerprint density at radius 1 is 1.24 bits per heavy atom. The van der Waals surface area contributed by atoms with Gasteiger partial charge in [0.05, 0.1) is 5.02 Å². The monoisotopic (exact) mass is 363 g/mol. The zero-order valence-corrected chi connectivity index (χ0v) is 14.4. The maximum Gasteiger partial charge on any atom is 0.321 e. The van der Waals surface area contributed by atoms with Crippen LogP contribution in [-0.4, -0.2) is 39.2 Å². The van der Waals surface area contributed by atoms with Crippen molar-refractivity contribution in [3.8, 4) is 0 Å². The van der Waals surface area contributed by atoms with Crippen molar-refractivity contribution >= 4 is 23.3 Å². The molecule has 0 unspecified atom stereocenters. The Kier molecular flexibility index (Phi) is 4.33. The first-order valence-electron chi connectivity index (χ1n) is 8.53. The van der Waals surface area contributed by atoms with Crippen LogP contribution in [0, 0.1) is 5.82 Å². The van der Waals surface area contributed by atoms with E-state index in [1.165, 1.54) is 31.0 Å². The van der Waals surface area contributed by atoms with E-state index in [0.29, 0.717) is 30.6 Å². The molecule has 0 atom stereocenters. The van der Waals surface area contributed by atoms with Crippen LogP contribution in [-0.2, 0) is 0 Å². The van der Waals surface area contributed by atoms with Gasteiger partial charge in [-0.15, -0.1) is 0 Å². The molecule has 6 nitrogen and oxygen atoms in total. The van der Waals surface area contributed by atoms with Crippen LogP contribution in [0.4, 0.5) is 14.9 Å². The lowest BCUT2D eigenvalue weighted by Crippen LogP contribution is -2.40. The van der Waals surface area contributed by atoms with E-state index >= 15 is 0 Å². The molecule has 8 heteroatoms. The van der Waals surface area contributed by atoms with Crippen LogP contribution in [0.3, 0.4) is 0 Å². The third-order valence-electron chi connectivity index (χ3n) is 4.80. The van der Waals surface area contributed by atoms with Crippen LogP contribution >= 0.6 is 11.6 Å². The summed E-state index contributed by atoms with van der Waals surface area (Å²) >= 11 is 5.74. The van der Waals surface area contributed by atoms with Crippen molar-refractivity contribution in [2.45, 2.75) is 37.5 Å². The van der Waals surface area contributed by atoms with Crippen LogP contribution in [0.2, 0.25) is 5.02 Å². The molecule has 0 bridgehead atoms. The average Bonchev–Trinajstić information content (AvgIpc) is 3.35. The van der Waals surface area contributed by atoms with Gasteiger partial charge < -0.3 is 10.2 Å². The molecule has 132 valence electrons. The molecule has 2 aromatic rings. The number of hydrogen-bond acceptors (Lipinski definition) is 3. The number of nitrogens with one attached hydrogen (secondary N) is 2. The van der Waals surface area contributed by atoms with Crippen molar-refractivity contribution in [1.29, 1.82) is 0 Å². The lowest BCUT2D eigenvalue weighted by atomic mass is 9.96. The summed E-state index contributed by atoms with van der Waals surface area (Å²) in [6, 6.07) is 3.96. The molecule has 2 aliphatic rings. The van der Waals surface area contributed by atoms with Gasteiger partial charge in [-0.2, -0.15) is 5.10 Å². The number of halogens is 2. The molecule has 1 saturated heterocycles. The van der Waals surface area contributed by atoms with Gasteiger partial charge in [0.15, 0.2) is 5.82 Å². The molecule has 1 aromatic heterocycles. The van der Waals surface area contributed by atoms with Crippen molar-refractivity contribution < 1.29 is 9.18 Å². The van der Waals surface area contributed by atoms with Crippen LogP contribution in [0.5, 0.6) is 0 Å². The van der Waals surface area contributed by atoms with E-state index in [0.717, 1.165) is 24.5 Å². The molecular weight excluding hydrogens is 345 g/mol. The second kappa shape index (κ2) is 6.63. The van der Waals surface area contributed by atoms with Gasteiger partial charge in [-0.3, -0.25) is 5.10 Å². The summed E-state index contributed by atoms with van der Waals surface area (Å²) in [6.07, 6.45) is 4.06.